The lowest BCUT2D eigenvalue weighted by atomic mass is 9.93. The maximum Gasteiger partial charge on any atom is 0.124 e. The van der Waals surface area contributed by atoms with Crippen molar-refractivity contribution in [2.24, 2.45) is 0 Å². The average molecular weight is 315 g/mol. The molecule has 0 radical (unpaired) electrons. The first-order chi connectivity index (χ1) is 8.45. The Hall–Kier alpha value is -0.610. The molecule has 1 aliphatic heterocycles. The van der Waals surface area contributed by atoms with E-state index in [0.29, 0.717) is 6.04 Å². The number of hydrogen-bond acceptors (Lipinski definition) is 2. The van der Waals surface area contributed by atoms with Crippen molar-refractivity contribution in [1.29, 1.82) is 0 Å². The minimum atomic E-state index is -0.202. The lowest BCUT2D eigenvalue weighted by Crippen LogP contribution is -2.62. The largest absolute Gasteiger partial charge is 0.365 e. The number of nitrogens with one attached hydrogen (secondary N) is 1. The van der Waals surface area contributed by atoms with E-state index in [4.69, 9.17) is 0 Å². The molecule has 2 nitrogen and oxygen atoms in total. The van der Waals surface area contributed by atoms with Gasteiger partial charge >= 0.3 is 0 Å². The fourth-order valence-electron chi connectivity index (χ4n) is 2.37. The molecular formula is C14H20BrFN2. The van der Waals surface area contributed by atoms with Crippen LogP contribution in [0.5, 0.6) is 0 Å². The third kappa shape index (κ3) is 2.69. The molecule has 0 bridgehead atoms. The van der Waals surface area contributed by atoms with Crippen LogP contribution >= 0.6 is 15.9 Å². The van der Waals surface area contributed by atoms with Gasteiger partial charge in [-0.3, -0.25) is 0 Å². The summed E-state index contributed by atoms with van der Waals surface area (Å²) in [5, 5.41) is 3.59. The summed E-state index contributed by atoms with van der Waals surface area (Å²) in [6.07, 6.45) is 1.08. The second-order valence-corrected chi connectivity index (χ2v) is 6.22. The van der Waals surface area contributed by atoms with Gasteiger partial charge in [0.15, 0.2) is 0 Å². The van der Waals surface area contributed by atoms with Gasteiger partial charge in [-0.1, -0.05) is 6.92 Å². The van der Waals surface area contributed by atoms with Crippen molar-refractivity contribution < 1.29 is 4.39 Å². The van der Waals surface area contributed by atoms with Gasteiger partial charge in [0.2, 0.25) is 0 Å². The minimum absolute atomic E-state index is 0.125. The monoisotopic (exact) mass is 314 g/mol. The Morgan fingerprint density at radius 3 is 2.89 bits per heavy atom. The Labute approximate surface area is 117 Å². The third-order valence-corrected chi connectivity index (χ3v) is 4.51. The number of halogens is 2. The van der Waals surface area contributed by atoms with Crippen LogP contribution in [0, 0.1) is 5.82 Å². The molecule has 0 saturated carbocycles. The van der Waals surface area contributed by atoms with Crippen molar-refractivity contribution in [3.63, 3.8) is 0 Å². The molecule has 1 saturated heterocycles. The molecule has 0 spiro atoms. The van der Waals surface area contributed by atoms with Crippen LogP contribution in [0.15, 0.2) is 22.7 Å². The Morgan fingerprint density at radius 1 is 1.56 bits per heavy atom. The van der Waals surface area contributed by atoms with Crippen LogP contribution in [0.3, 0.4) is 0 Å². The average Bonchev–Trinajstić information content (AvgIpc) is 2.33. The minimum Gasteiger partial charge on any atom is -0.365 e. The van der Waals surface area contributed by atoms with Gasteiger partial charge in [-0.25, -0.2) is 4.39 Å². The summed E-state index contributed by atoms with van der Waals surface area (Å²) in [5.74, 6) is -0.202. The Balaban J connectivity index is 2.30. The van der Waals surface area contributed by atoms with E-state index in [0.717, 1.165) is 29.7 Å². The standard InChI is InChI=1S/C14H20BrFN2/c1-4-14(3)9-18(10(2)8-17-14)13-6-5-11(16)7-12(13)15/h5-7,10,17H,4,8-9H2,1-3H3. The molecule has 1 aromatic rings. The van der Waals surface area contributed by atoms with Gasteiger partial charge < -0.3 is 10.2 Å². The van der Waals surface area contributed by atoms with Crippen molar-refractivity contribution in [3.8, 4) is 0 Å². The second kappa shape index (κ2) is 5.17. The molecule has 1 aliphatic rings. The SMILES string of the molecule is CCC1(C)CN(c2ccc(F)cc2Br)C(C)CN1. The maximum absolute atomic E-state index is 13.2. The van der Waals surface area contributed by atoms with E-state index >= 15 is 0 Å². The molecule has 2 atom stereocenters. The van der Waals surface area contributed by atoms with Crippen molar-refractivity contribution in [2.75, 3.05) is 18.0 Å². The molecule has 1 aromatic carbocycles. The summed E-state index contributed by atoms with van der Waals surface area (Å²) in [4.78, 5) is 2.35. The van der Waals surface area contributed by atoms with Crippen LogP contribution in [0.1, 0.15) is 27.2 Å². The van der Waals surface area contributed by atoms with Crippen LogP contribution in [0.4, 0.5) is 10.1 Å². The van der Waals surface area contributed by atoms with E-state index in [9.17, 15) is 4.39 Å². The molecule has 0 aromatic heterocycles. The number of nitrogens with zero attached hydrogens (tertiary/aromatic N) is 1. The number of rotatable bonds is 2. The Kier molecular flexibility index (Phi) is 3.97. The molecule has 1 N–H and O–H groups in total. The summed E-state index contributed by atoms with van der Waals surface area (Å²) in [5.41, 5.74) is 1.20. The van der Waals surface area contributed by atoms with E-state index < -0.39 is 0 Å². The van der Waals surface area contributed by atoms with E-state index in [1.165, 1.54) is 12.1 Å². The van der Waals surface area contributed by atoms with Gasteiger partial charge in [-0.2, -0.15) is 0 Å². The van der Waals surface area contributed by atoms with Crippen molar-refractivity contribution in [3.05, 3.63) is 28.5 Å². The predicted molar refractivity (Wildman–Crippen MR) is 77.6 cm³/mol. The van der Waals surface area contributed by atoms with E-state index in [2.05, 4.69) is 46.9 Å². The normalized spacial score (nSPS) is 28.5. The molecule has 2 unspecified atom stereocenters. The predicted octanol–water partition coefficient (Wildman–Crippen LogP) is 3.56. The third-order valence-electron chi connectivity index (χ3n) is 3.88. The van der Waals surface area contributed by atoms with Crippen LogP contribution in [-0.2, 0) is 0 Å². The highest BCUT2D eigenvalue weighted by molar-refractivity contribution is 9.10. The first-order valence-electron chi connectivity index (χ1n) is 6.42. The zero-order valence-corrected chi connectivity index (χ0v) is 12.7. The topological polar surface area (TPSA) is 15.3 Å². The number of hydrogen-bond donors (Lipinski definition) is 1. The lowest BCUT2D eigenvalue weighted by molar-refractivity contribution is 0.285. The van der Waals surface area contributed by atoms with E-state index in [1.54, 1.807) is 0 Å². The molecular weight excluding hydrogens is 295 g/mol. The first-order valence-corrected chi connectivity index (χ1v) is 7.21. The quantitative estimate of drug-likeness (QED) is 0.898. The Bertz CT molecular complexity index is 438. The maximum atomic E-state index is 13.2. The summed E-state index contributed by atoms with van der Waals surface area (Å²) in [6, 6.07) is 5.33. The van der Waals surface area contributed by atoms with Gasteiger partial charge in [-0.15, -0.1) is 0 Å². The fraction of sp³-hybridized carbons (Fsp3) is 0.571. The molecule has 100 valence electrons. The zero-order chi connectivity index (χ0) is 13.3. The number of piperazine rings is 1. The molecule has 0 amide bonds. The smallest absolute Gasteiger partial charge is 0.124 e. The molecule has 1 heterocycles. The Morgan fingerprint density at radius 2 is 2.28 bits per heavy atom. The first kappa shape index (κ1) is 13.8. The van der Waals surface area contributed by atoms with Gasteiger partial charge in [-0.05, 0) is 54.4 Å². The summed E-state index contributed by atoms with van der Waals surface area (Å²) in [7, 11) is 0. The van der Waals surface area contributed by atoms with Crippen LogP contribution < -0.4 is 10.2 Å². The van der Waals surface area contributed by atoms with Crippen LogP contribution in [-0.4, -0.2) is 24.7 Å². The van der Waals surface area contributed by atoms with Crippen molar-refractivity contribution >= 4 is 21.6 Å². The molecule has 2 rings (SSSR count). The molecule has 18 heavy (non-hydrogen) atoms. The lowest BCUT2D eigenvalue weighted by Gasteiger charge is -2.46. The van der Waals surface area contributed by atoms with Gasteiger partial charge in [0.05, 0.1) is 5.69 Å². The van der Waals surface area contributed by atoms with Gasteiger partial charge in [0.1, 0.15) is 5.82 Å². The van der Waals surface area contributed by atoms with E-state index in [1.807, 2.05) is 6.07 Å². The highest BCUT2D eigenvalue weighted by Gasteiger charge is 2.33. The second-order valence-electron chi connectivity index (χ2n) is 5.37. The number of anilines is 1. The highest BCUT2D eigenvalue weighted by atomic mass is 79.9. The van der Waals surface area contributed by atoms with Crippen LogP contribution in [0.25, 0.3) is 0 Å². The molecule has 1 fully saturated rings. The number of benzene rings is 1. The summed E-state index contributed by atoms with van der Waals surface area (Å²) in [6.45, 7) is 8.52. The zero-order valence-electron chi connectivity index (χ0n) is 11.1. The van der Waals surface area contributed by atoms with Crippen LogP contribution in [0.2, 0.25) is 0 Å². The van der Waals surface area contributed by atoms with Crippen molar-refractivity contribution in [2.45, 2.75) is 38.8 Å². The summed E-state index contributed by atoms with van der Waals surface area (Å²) < 4.78 is 14.0. The fourth-order valence-corrected chi connectivity index (χ4v) is 2.94. The molecule has 4 heteroatoms. The summed E-state index contributed by atoms with van der Waals surface area (Å²) >= 11 is 3.47. The van der Waals surface area contributed by atoms with Crippen molar-refractivity contribution in [1.82, 2.24) is 5.32 Å². The van der Waals surface area contributed by atoms with E-state index in [-0.39, 0.29) is 11.4 Å². The van der Waals surface area contributed by atoms with Gasteiger partial charge in [0, 0.05) is 29.1 Å². The van der Waals surface area contributed by atoms with Gasteiger partial charge in [0.25, 0.3) is 0 Å². The molecule has 0 aliphatic carbocycles. The highest BCUT2D eigenvalue weighted by Crippen LogP contribution is 2.31.